The van der Waals surface area contributed by atoms with Crippen LogP contribution in [0.3, 0.4) is 0 Å². The molecule has 4 amide bonds. The number of carbonyl (C=O) groups excluding carboxylic acids is 4. The minimum absolute atomic E-state index is 0.308. The van der Waals surface area contributed by atoms with Gasteiger partial charge in [0, 0.05) is 24.3 Å². The lowest BCUT2D eigenvalue weighted by atomic mass is 10.0. The summed E-state index contributed by atoms with van der Waals surface area (Å²) in [6, 6.07) is -4.02. The minimum atomic E-state index is -7.82. The number of nitrogens with zero attached hydrogens (tertiary/aromatic N) is 2. The number of amides is 4. The smallest absolute Gasteiger partial charge is 0.423 e. The van der Waals surface area contributed by atoms with Gasteiger partial charge < -0.3 is 4.74 Å². The highest BCUT2D eigenvalue weighted by atomic mass is 19.4. The van der Waals surface area contributed by atoms with Crippen molar-refractivity contribution in [3.8, 4) is 5.75 Å². The number of anilines is 2. The molecule has 2 aliphatic heterocycles. The van der Waals surface area contributed by atoms with Crippen molar-refractivity contribution >= 4 is 35.0 Å². The Morgan fingerprint density at radius 2 is 0.927 bits per heavy atom. The van der Waals surface area contributed by atoms with Crippen LogP contribution < -0.4 is 14.5 Å². The fourth-order valence-electron chi connectivity index (χ4n) is 3.11. The van der Waals surface area contributed by atoms with Gasteiger partial charge in [0.2, 0.25) is 11.6 Å². The molecule has 0 atom stereocenters. The maximum atomic E-state index is 15.2. The number of alkyl halides is 9. The van der Waals surface area contributed by atoms with E-state index < -0.39 is 104 Å². The van der Waals surface area contributed by atoms with Crippen molar-refractivity contribution in [1.82, 2.24) is 0 Å². The first kappa shape index (κ1) is 31.1. The summed E-state index contributed by atoms with van der Waals surface area (Å²) in [5.74, 6) is -45.3. The zero-order chi connectivity index (χ0) is 31.6. The van der Waals surface area contributed by atoms with Crippen LogP contribution in [0.2, 0.25) is 0 Å². The van der Waals surface area contributed by atoms with E-state index in [-0.39, 0.29) is 0 Å². The minimum Gasteiger partial charge on any atom is -0.423 e. The van der Waals surface area contributed by atoms with Crippen molar-refractivity contribution in [2.75, 3.05) is 9.80 Å². The van der Waals surface area contributed by atoms with E-state index in [2.05, 4.69) is 4.74 Å². The number of ether oxygens (including phenoxy) is 1. The van der Waals surface area contributed by atoms with Crippen LogP contribution in [0.5, 0.6) is 5.75 Å². The lowest BCUT2D eigenvalue weighted by Crippen LogP contribution is -2.61. The summed E-state index contributed by atoms with van der Waals surface area (Å²) in [7, 11) is 0. The van der Waals surface area contributed by atoms with Crippen LogP contribution in [0.4, 0.5) is 72.8 Å². The Morgan fingerprint density at radius 3 is 1.24 bits per heavy atom. The van der Waals surface area contributed by atoms with Crippen molar-refractivity contribution in [3.63, 3.8) is 0 Å². The maximum Gasteiger partial charge on any atom is 0.460 e. The largest absolute Gasteiger partial charge is 0.460 e. The summed E-state index contributed by atoms with van der Waals surface area (Å²) in [5, 5.41) is 0. The summed E-state index contributed by atoms with van der Waals surface area (Å²) in [6.45, 7) is 0. The van der Waals surface area contributed by atoms with E-state index in [4.69, 9.17) is 0 Å². The molecule has 41 heavy (non-hydrogen) atoms. The molecule has 0 aliphatic carbocycles. The second kappa shape index (κ2) is 9.58. The molecule has 0 unspecified atom stereocenters. The molecule has 0 N–H and O–H groups in total. The number of halogens is 14. The van der Waals surface area contributed by atoms with Crippen LogP contribution in [0, 0.1) is 17.5 Å². The molecule has 0 bridgehead atoms. The van der Waals surface area contributed by atoms with Gasteiger partial charge in [-0.2, -0.15) is 48.3 Å². The van der Waals surface area contributed by atoms with Gasteiger partial charge in [-0.05, 0) is 0 Å². The first-order valence-corrected chi connectivity index (χ1v) is 9.78. The third kappa shape index (κ3) is 4.47. The first-order chi connectivity index (χ1) is 18.5. The van der Waals surface area contributed by atoms with Crippen LogP contribution in [0.25, 0.3) is 0 Å². The third-order valence-corrected chi connectivity index (χ3v) is 5.08. The Balaban J connectivity index is 2.27. The molecule has 0 spiro atoms. The first-order valence-electron chi connectivity index (χ1n) is 9.78. The van der Waals surface area contributed by atoms with Gasteiger partial charge in [-0.15, -0.1) is 0 Å². The predicted molar refractivity (Wildman–Crippen MR) is 100 cm³/mol. The quantitative estimate of drug-likeness (QED) is 0.246. The summed E-state index contributed by atoms with van der Waals surface area (Å²) in [4.78, 5) is 46.5. The third-order valence-electron chi connectivity index (χ3n) is 5.08. The molecule has 0 saturated heterocycles. The lowest BCUT2D eigenvalue weighted by Gasteiger charge is -2.32. The van der Waals surface area contributed by atoms with Crippen molar-refractivity contribution in [1.29, 1.82) is 0 Å². The van der Waals surface area contributed by atoms with E-state index in [9.17, 15) is 67.5 Å². The average Bonchev–Trinajstić information content (AvgIpc) is 3.36. The molecule has 2 aliphatic rings. The molecule has 0 aromatic heterocycles. The summed E-state index contributed by atoms with van der Waals surface area (Å²) in [5.41, 5.74) is -4.31. The van der Waals surface area contributed by atoms with E-state index in [1.807, 2.05) is 0 Å². The van der Waals surface area contributed by atoms with E-state index in [0.29, 0.717) is 24.3 Å². The van der Waals surface area contributed by atoms with Crippen LogP contribution in [-0.4, -0.2) is 47.6 Å². The van der Waals surface area contributed by atoms with Crippen LogP contribution in [0.1, 0.15) is 0 Å². The van der Waals surface area contributed by atoms with Gasteiger partial charge in [0.25, 0.3) is 23.6 Å². The van der Waals surface area contributed by atoms with E-state index in [1.54, 1.807) is 0 Å². The molecule has 222 valence electrons. The Labute approximate surface area is 214 Å². The summed E-state index contributed by atoms with van der Waals surface area (Å²) >= 11 is 0. The molecule has 21 heteroatoms. The molecular formula is C20H4F14N2O5. The number of benzene rings is 1. The molecule has 0 fully saturated rings. The predicted octanol–water partition coefficient (Wildman–Crippen LogP) is 4.92. The maximum absolute atomic E-state index is 15.2. The van der Waals surface area contributed by atoms with Crippen LogP contribution in [-0.2, 0) is 19.2 Å². The molecule has 0 saturated carbocycles. The van der Waals surface area contributed by atoms with E-state index in [0.717, 1.165) is 0 Å². The Hall–Kier alpha value is -4.46. The highest BCUT2D eigenvalue weighted by molar-refractivity contribution is 6.30. The highest BCUT2D eigenvalue weighted by Crippen LogP contribution is 2.56. The normalized spacial score (nSPS) is 17.3. The summed E-state index contributed by atoms with van der Waals surface area (Å²) in [6.07, 6.45) is -6.25. The Bertz CT molecular complexity index is 1370. The van der Waals surface area contributed by atoms with Crippen molar-refractivity contribution < 1.29 is 85.4 Å². The van der Waals surface area contributed by atoms with E-state index in [1.165, 1.54) is 0 Å². The summed E-state index contributed by atoms with van der Waals surface area (Å²) < 4.78 is 194. The lowest BCUT2D eigenvalue weighted by molar-refractivity contribution is -0.392. The molecule has 2 heterocycles. The molecule has 1 aromatic carbocycles. The van der Waals surface area contributed by atoms with Crippen LogP contribution in [0.15, 0.2) is 36.1 Å². The molecular weight excluding hydrogens is 614 g/mol. The molecule has 7 nitrogen and oxygen atoms in total. The zero-order valence-corrected chi connectivity index (χ0v) is 18.5. The second-order valence-electron chi connectivity index (χ2n) is 7.57. The number of imide groups is 2. The van der Waals surface area contributed by atoms with E-state index >= 15 is 13.2 Å². The standard InChI is InChI=1S/C20H4F14N2O5/c21-9-12(35-5(37)1-2-6(35)38)10(22)14(11(23)13(9)36-7(39)3-4-8(36)40)41-16(25)15(24)17(26,27)18(28,29)19(30,31)20(32,33)34/h1-4H. The zero-order valence-electron chi connectivity index (χ0n) is 18.5. The van der Waals surface area contributed by atoms with Crippen molar-refractivity contribution in [2.24, 2.45) is 0 Å². The van der Waals surface area contributed by atoms with Crippen molar-refractivity contribution in [3.05, 3.63) is 53.6 Å². The second-order valence-corrected chi connectivity index (χ2v) is 7.57. The number of hydrogen-bond donors (Lipinski definition) is 0. The number of allylic oxidation sites excluding steroid dienone is 1. The fraction of sp³-hybridized carbons (Fsp3) is 0.200. The Kier molecular flexibility index (Phi) is 7.26. The topological polar surface area (TPSA) is 84.0 Å². The fourth-order valence-corrected chi connectivity index (χ4v) is 3.11. The van der Waals surface area contributed by atoms with Gasteiger partial charge in [0.1, 0.15) is 11.4 Å². The molecule has 1 aromatic rings. The van der Waals surface area contributed by atoms with Crippen molar-refractivity contribution in [2.45, 2.75) is 23.9 Å². The van der Waals surface area contributed by atoms with Gasteiger partial charge in [-0.25, -0.2) is 23.0 Å². The van der Waals surface area contributed by atoms with Gasteiger partial charge in [0.05, 0.1) is 0 Å². The Morgan fingerprint density at radius 1 is 0.585 bits per heavy atom. The number of carbonyl (C=O) groups is 4. The monoisotopic (exact) mass is 618 g/mol. The van der Waals surface area contributed by atoms with Gasteiger partial charge in [-0.3, -0.25) is 19.2 Å². The van der Waals surface area contributed by atoms with Gasteiger partial charge in [-0.1, -0.05) is 0 Å². The van der Waals surface area contributed by atoms with Gasteiger partial charge in [0.15, 0.2) is 17.5 Å². The number of hydrogen-bond acceptors (Lipinski definition) is 5. The van der Waals surface area contributed by atoms with Crippen LogP contribution >= 0.6 is 0 Å². The van der Waals surface area contributed by atoms with Gasteiger partial charge >= 0.3 is 30.0 Å². The molecule has 0 radical (unpaired) electrons. The highest BCUT2D eigenvalue weighted by Gasteiger charge is 2.83. The SMILES string of the molecule is O=C1C=CC(=O)N1c1c(F)c(OC(F)=C(F)C(F)(F)C(F)(F)C(F)(F)C(F)(F)F)c(F)c(N2C(=O)C=CC2=O)c1F. The average molecular weight is 618 g/mol. The number of rotatable bonds is 7. The molecule has 3 rings (SSSR count).